The standard InChI is InChI=1S/C10H14N2O2/c1-11-9(13)6-5-12-4-2-3-7(12)8(6)10(11)14/h6-8H,2-5H2,1H3/t6-,7-,8-/m1/s1. The van der Waals surface area contributed by atoms with Crippen LogP contribution in [0.25, 0.3) is 0 Å². The molecule has 0 spiro atoms. The van der Waals surface area contributed by atoms with E-state index in [2.05, 4.69) is 4.90 Å². The second kappa shape index (κ2) is 2.57. The summed E-state index contributed by atoms with van der Waals surface area (Å²) in [6.07, 6.45) is 2.27. The summed E-state index contributed by atoms with van der Waals surface area (Å²) < 4.78 is 0. The van der Waals surface area contributed by atoms with Crippen molar-refractivity contribution in [3.05, 3.63) is 0 Å². The third kappa shape index (κ3) is 0.823. The summed E-state index contributed by atoms with van der Waals surface area (Å²) in [6, 6.07) is 0.362. The molecule has 0 aromatic heterocycles. The summed E-state index contributed by atoms with van der Waals surface area (Å²) in [5.41, 5.74) is 0. The lowest BCUT2D eigenvalue weighted by atomic mass is 9.91. The van der Waals surface area contributed by atoms with Crippen LogP contribution in [0.1, 0.15) is 12.8 Å². The number of hydrogen-bond acceptors (Lipinski definition) is 3. The lowest BCUT2D eigenvalue weighted by Crippen LogP contribution is -2.35. The first kappa shape index (κ1) is 8.41. The molecular weight excluding hydrogens is 180 g/mol. The molecule has 0 bridgehead atoms. The Morgan fingerprint density at radius 3 is 2.86 bits per heavy atom. The van der Waals surface area contributed by atoms with Gasteiger partial charge in [-0.1, -0.05) is 0 Å². The van der Waals surface area contributed by atoms with Crippen molar-refractivity contribution in [3.8, 4) is 0 Å². The van der Waals surface area contributed by atoms with Crippen LogP contribution in [-0.2, 0) is 9.59 Å². The normalized spacial score (nSPS) is 42.1. The highest BCUT2D eigenvalue weighted by atomic mass is 16.2. The van der Waals surface area contributed by atoms with Gasteiger partial charge in [-0.05, 0) is 19.4 Å². The molecule has 76 valence electrons. The number of imide groups is 1. The number of rotatable bonds is 0. The van der Waals surface area contributed by atoms with Gasteiger partial charge in [-0.15, -0.1) is 0 Å². The van der Waals surface area contributed by atoms with Crippen molar-refractivity contribution in [2.24, 2.45) is 11.8 Å². The zero-order valence-corrected chi connectivity index (χ0v) is 8.27. The minimum absolute atomic E-state index is 0.0185. The van der Waals surface area contributed by atoms with Gasteiger partial charge in [0, 0.05) is 19.6 Å². The van der Waals surface area contributed by atoms with Crippen LogP contribution in [0.5, 0.6) is 0 Å². The van der Waals surface area contributed by atoms with Crippen molar-refractivity contribution >= 4 is 11.8 Å². The predicted octanol–water partition coefficient (Wildman–Crippen LogP) is -0.305. The average molecular weight is 194 g/mol. The van der Waals surface area contributed by atoms with Crippen LogP contribution in [0.15, 0.2) is 0 Å². The first-order valence-electron chi connectivity index (χ1n) is 5.25. The molecule has 0 aromatic rings. The van der Waals surface area contributed by atoms with E-state index in [1.54, 1.807) is 7.05 Å². The molecule has 0 aliphatic carbocycles. The van der Waals surface area contributed by atoms with Crippen LogP contribution in [0, 0.1) is 11.8 Å². The number of carbonyl (C=O) groups excluding carboxylic acids is 2. The van der Waals surface area contributed by atoms with E-state index in [1.807, 2.05) is 0 Å². The van der Waals surface area contributed by atoms with Crippen molar-refractivity contribution in [1.29, 1.82) is 0 Å². The summed E-state index contributed by atoms with van der Waals surface area (Å²) >= 11 is 0. The van der Waals surface area contributed by atoms with Gasteiger partial charge in [0.1, 0.15) is 0 Å². The maximum Gasteiger partial charge on any atom is 0.234 e. The number of carbonyl (C=O) groups is 2. The first-order chi connectivity index (χ1) is 6.70. The van der Waals surface area contributed by atoms with Gasteiger partial charge < -0.3 is 0 Å². The summed E-state index contributed by atoms with van der Waals surface area (Å²) in [7, 11) is 1.61. The van der Waals surface area contributed by atoms with Crippen LogP contribution in [0.2, 0.25) is 0 Å². The first-order valence-corrected chi connectivity index (χ1v) is 5.25. The molecule has 3 rings (SSSR count). The minimum atomic E-state index is -0.0298. The van der Waals surface area contributed by atoms with E-state index in [-0.39, 0.29) is 23.7 Å². The third-order valence-corrected chi connectivity index (χ3v) is 3.96. The van der Waals surface area contributed by atoms with Crippen molar-refractivity contribution in [2.45, 2.75) is 18.9 Å². The Labute approximate surface area is 82.8 Å². The molecular formula is C10H14N2O2. The molecule has 3 saturated heterocycles. The monoisotopic (exact) mass is 194 g/mol. The van der Waals surface area contributed by atoms with Crippen molar-refractivity contribution < 1.29 is 9.59 Å². The highest BCUT2D eigenvalue weighted by Crippen LogP contribution is 2.41. The molecule has 0 saturated carbocycles. The highest BCUT2D eigenvalue weighted by Gasteiger charge is 2.56. The number of hydrogen-bond donors (Lipinski definition) is 0. The van der Waals surface area contributed by atoms with E-state index in [4.69, 9.17) is 0 Å². The molecule has 0 aromatic carbocycles. The second-order valence-corrected chi connectivity index (χ2v) is 4.57. The van der Waals surface area contributed by atoms with E-state index in [0.717, 1.165) is 19.5 Å². The van der Waals surface area contributed by atoms with E-state index >= 15 is 0 Å². The maximum atomic E-state index is 11.8. The SMILES string of the molecule is CN1C(=O)[C@H]2[C@H]3CCCN3C[C@H]2C1=O. The molecule has 0 unspecified atom stereocenters. The summed E-state index contributed by atoms with van der Waals surface area (Å²) in [5, 5.41) is 0. The topological polar surface area (TPSA) is 40.6 Å². The van der Waals surface area contributed by atoms with Gasteiger partial charge in [0.05, 0.1) is 11.8 Å². The van der Waals surface area contributed by atoms with Gasteiger partial charge in [-0.3, -0.25) is 19.4 Å². The number of amides is 2. The van der Waals surface area contributed by atoms with Crippen molar-refractivity contribution in [1.82, 2.24) is 9.80 Å². The van der Waals surface area contributed by atoms with E-state index in [0.29, 0.717) is 6.04 Å². The molecule has 0 radical (unpaired) electrons. The Hall–Kier alpha value is -0.900. The zero-order chi connectivity index (χ0) is 9.87. The lowest BCUT2D eigenvalue weighted by molar-refractivity contribution is -0.139. The molecule has 3 aliphatic rings. The maximum absolute atomic E-state index is 11.8. The van der Waals surface area contributed by atoms with Crippen LogP contribution in [-0.4, -0.2) is 47.8 Å². The fraction of sp³-hybridized carbons (Fsp3) is 0.800. The van der Waals surface area contributed by atoms with E-state index < -0.39 is 0 Å². The Morgan fingerprint density at radius 1 is 1.29 bits per heavy atom. The van der Waals surface area contributed by atoms with Gasteiger partial charge in [0.15, 0.2) is 0 Å². The molecule has 4 nitrogen and oxygen atoms in total. The Balaban J connectivity index is 1.96. The number of nitrogens with zero attached hydrogens (tertiary/aromatic N) is 2. The van der Waals surface area contributed by atoms with Crippen molar-refractivity contribution in [2.75, 3.05) is 20.1 Å². The van der Waals surface area contributed by atoms with E-state index in [9.17, 15) is 9.59 Å². The molecule has 2 amide bonds. The zero-order valence-electron chi connectivity index (χ0n) is 8.27. The predicted molar refractivity (Wildman–Crippen MR) is 49.4 cm³/mol. The van der Waals surface area contributed by atoms with Gasteiger partial charge in [-0.25, -0.2) is 0 Å². The second-order valence-electron chi connectivity index (χ2n) is 4.57. The number of fused-ring (bicyclic) bond motifs is 3. The molecule has 3 fully saturated rings. The molecule has 0 N–H and O–H groups in total. The van der Waals surface area contributed by atoms with E-state index in [1.165, 1.54) is 11.3 Å². The van der Waals surface area contributed by atoms with Gasteiger partial charge >= 0.3 is 0 Å². The Kier molecular flexibility index (Phi) is 1.54. The molecule has 3 atom stereocenters. The smallest absolute Gasteiger partial charge is 0.234 e. The molecule has 3 aliphatic heterocycles. The molecule has 14 heavy (non-hydrogen) atoms. The highest BCUT2D eigenvalue weighted by molar-refractivity contribution is 6.05. The van der Waals surface area contributed by atoms with Gasteiger partial charge in [0.2, 0.25) is 11.8 Å². The largest absolute Gasteiger partial charge is 0.299 e. The summed E-state index contributed by atoms with van der Waals surface area (Å²) in [6.45, 7) is 1.88. The van der Waals surface area contributed by atoms with Crippen LogP contribution >= 0.6 is 0 Å². The van der Waals surface area contributed by atoms with Crippen LogP contribution in [0.4, 0.5) is 0 Å². The molecule has 4 heteroatoms. The minimum Gasteiger partial charge on any atom is -0.299 e. The van der Waals surface area contributed by atoms with Crippen molar-refractivity contribution in [3.63, 3.8) is 0 Å². The fourth-order valence-electron chi connectivity index (χ4n) is 3.27. The average Bonchev–Trinajstić information content (AvgIpc) is 2.76. The molecule has 3 heterocycles. The summed E-state index contributed by atoms with van der Waals surface area (Å²) in [4.78, 5) is 27.2. The Morgan fingerprint density at radius 2 is 2.07 bits per heavy atom. The van der Waals surface area contributed by atoms with Gasteiger partial charge in [-0.2, -0.15) is 0 Å². The lowest BCUT2D eigenvalue weighted by Gasteiger charge is -2.19. The quantitative estimate of drug-likeness (QED) is 0.497. The summed E-state index contributed by atoms with van der Waals surface area (Å²) in [5.74, 6) is 0.0385. The van der Waals surface area contributed by atoms with Crippen LogP contribution < -0.4 is 0 Å². The van der Waals surface area contributed by atoms with Crippen LogP contribution in [0.3, 0.4) is 0 Å². The third-order valence-electron chi connectivity index (χ3n) is 3.96. The fourth-order valence-corrected chi connectivity index (χ4v) is 3.27. The number of likely N-dealkylation sites (tertiary alicyclic amines) is 1. The Bertz CT molecular complexity index is 315. The van der Waals surface area contributed by atoms with Gasteiger partial charge in [0.25, 0.3) is 0 Å².